The molecule has 0 fully saturated rings. The van der Waals surface area contributed by atoms with Crippen molar-refractivity contribution in [2.75, 3.05) is 25.1 Å². The lowest BCUT2D eigenvalue weighted by molar-refractivity contribution is -0.384. The Labute approximate surface area is 128 Å². The van der Waals surface area contributed by atoms with E-state index in [0.29, 0.717) is 31.4 Å². The first-order valence-corrected chi connectivity index (χ1v) is 7.12. The summed E-state index contributed by atoms with van der Waals surface area (Å²) < 4.78 is 5.45. The third kappa shape index (κ3) is 5.53. The Balaban J connectivity index is 2.46. The largest absolute Gasteiger partial charge is 0.380 e. The number of rotatable bonds is 8. The van der Waals surface area contributed by atoms with Crippen LogP contribution in [0.4, 0.5) is 11.4 Å². The first-order chi connectivity index (χ1) is 9.41. The number of nitro benzene ring substituents is 1. The average Bonchev–Trinajstić information content (AvgIpc) is 2.35. The van der Waals surface area contributed by atoms with E-state index in [-0.39, 0.29) is 15.7 Å². The zero-order chi connectivity index (χ0) is 15.1. The van der Waals surface area contributed by atoms with Crippen LogP contribution in [-0.2, 0) is 4.74 Å². The van der Waals surface area contributed by atoms with Crippen molar-refractivity contribution >= 4 is 34.6 Å². The number of anilines is 1. The van der Waals surface area contributed by atoms with Gasteiger partial charge in [-0.15, -0.1) is 0 Å². The Morgan fingerprint density at radius 3 is 2.40 bits per heavy atom. The summed E-state index contributed by atoms with van der Waals surface area (Å²) in [4.78, 5) is 10.1. The maximum atomic E-state index is 10.7. The number of hydrogen-bond donors (Lipinski definition) is 1. The molecule has 7 heteroatoms. The van der Waals surface area contributed by atoms with Crippen LogP contribution in [0.15, 0.2) is 12.1 Å². The number of non-ortho nitro benzene ring substituents is 1. The number of nitrogens with zero attached hydrogens (tertiary/aromatic N) is 1. The molecule has 0 atom stereocenters. The molecule has 5 nitrogen and oxygen atoms in total. The molecule has 0 aliphatic rings. The monoisotopic (exact) mass is 320 g/mol. The minimum Gasteiger partial charge on any atom is -0.380 e. The van der Waals surface area contributed by atoms with Crippen molar-refractivity contribution in [3.05, 3.63) is 32.3 Å². The molecule has 0 aliphatic carbocycles. The normalized spacial score (nSPS) is 10.8. The minimum atomic E-state index is -0.531. The van der Waals surface area contributed by atoms with Crippen molar-refractivity contribution in [3.63, 3.8) is 0 Å². The van der Waals surface area contributed by atoms with Gasteiger partial charge in [-0.3, -0.25) is 10.1 Å². The van der Waals surface area contributed by atoms with Crippen LogP contribution in [0.25, 0.3) is 0 Å². The van der Waals surface area contributed by atoms with Gasteiger partial charge in [0.25, 0.3) is 5.69 Å². The summed E-state index contributed by atoms with van der Waals surface area (Å²) >= 11 is 11.9. The van der Waals surface area contributed by atoms with E-state index < -0.39 is 4.92 Å². The highest BCUT2D eigenvalue weighted by atomic mass is 35.5. The molecule has 0 amide bonds. The van der Waals surface area contributed by atoms with E-state index >= 15 is 0 Å². The Morgan fingerprint density at radius 1 is 1.30 bits per heavy atom. The molecule has 0 saturated carbocycles. The lowest BCUT2D eigenvalue weighted by Crippen LogP contribution is -2.11. The van der Waals surface area contributed by atoms with Gasteiger partial charge in [-0.1, -0.05) is 37.0 Å². The van der Waals surface area contributed by atoms with Gasteiger partial charge in [0, 0.05) is 25.3 Å². The van der Waals surface area contributed by atoms with E-state index in [0.717, 1.165) is 6.42 Å². The number of hydrogen-bond acceptors (Lipinski definition) is 4. The third-order valence-corrected chi connectivity index (χ3v) is 3.22. The first kappa shape index (κ1) is 17.0. The standard InChI is InChI=1S/C13H18Cl2N2O3/c1-9(2)3-5-20-6-4-16-13-11(14)7-10(17(18)19)8-12(13)15/h7-9,16H,3-6H2,1-2H3. The molecular weight excluding hydrogens is 303 g/mol. The molecule has 20 heavy (non-hydrogen) atoms. The van der Waals surface area contributed by atoms with Gasteiger partial charge in [0.1, 0.15) is 0 Å². The predicted molar refractivity (Wildman–Crippen MR) is 81.9 cm³/mol. The molecule has 0 bridgehead atoms. The van der Waals surface area contributed by atoms with Crippen molar-refractivity contribution in [1.29, 1.82) is 0 Å². The summed E-state index contributed by atoms with van der Waals surface area (Å²) in [6.07, 6.45) is 1.01. The highest BCUT2D eigenvalue weighted by Crippen LogP contribution is 2.34. The van der Waals surface area contributed by atoms with Gasteiger partial charge < -0.3 is 10.1 Å². The van der Waals surface area contributed by atoms with E-state index in [1.165, 1.54) is 12.1 Å². The van der Waals surface area contributed by atoms with Gasteiger partial charge in [0.15, 0.2) is 0 Å². The molecule has 112 valence electrons. The average molecular weight is 321 g/mol. The summed E-state index contributed by atoms with van der Waals surface area (Å²) in [7, 11) is 0. The molecule has 0 aromatic heterocycles. The van der Waals surface area contributed by atoms with Crippen LogP contribution in [0, 0.1) is 16.0 Å². The molecule has 1 aromatic carbocycles. The van der Waals surface area contributed by atoms with Crippen LogP contribution < -0.4 is 5.32 Å². The van der Waals surface area contributed by atoms with Crippen LogP contribution in [0.2, 0.25) is 10.0 Å². The van der Waals surface area contributed by atoms with Gasteiger partial charge in [0.05, 0.1) is 27.3 Å². The van der Waals surface area contributed by atoms with Crippen LogP contribution in [0.5, 0.6) is 0 Å². The van der Waals surface area contributed by atoms with Crippen molar-refractivity contribution in [2.45, 2.75) is 20.3 Å². The van der Waals surface area contributed by atoms with E-state index in [1.54, 1.807) is 0 Å². The molecule has 0 heterocycles. The molecule has 0 saturated heterocycles. The highest BCUT2D eigenvalue weighted by Gasteiger charge is 2.14. The van der Waals surface area contributed by atoms with Gasteiger partial charge in [0.2, 0.25) is 0 Å². The predicted octanol–water partition coefficient (Wildman–Crippen LogP) is 4.38. The van der Waals surface area contributed by atoms with E-state index in [4.69, 9.17) is 27.9 Å². The summed E-state index contributed by atoms with van der Waals surface area (Å²) in [5, 5.41) is 14.1. The molecule has 0 spiro atoms. The first-order valence-electron chi connectivity index (χ1n) is 6.37. The Hall–Kier alpha value is -1.04. The molecule has 0 aliphatic heterocycles. The van der Waals surface area contributed by atoms with Crippen LogP contribution in [0.1, 0.15) is 20.3 Å². The fraction of sp³-hybridized carbons (Fsp3) is 0.538. The zero-order valence-electron chi connectivity index (χ0n) is 11.5. The highest BCUT2D eigenvalue weighted by molar-refractivity contribution is 6.39. The Kier molecular flexibility index (Phi) is 7.05. The maximum absolute atomic E-state index is 10.7. The molecule has 0 unspecified atom stereocenters. The molecule has 1 aromatic rings. The van der Waals surface area contributed by atoms with Crippen molar-refractivity contribution in [2.24, 2.45) is 5.92 Å². The van der Waals surface area contributed by atoms with Crippen molar-refractivity contribution in [1.82, 2.24) is 0 Å². The second-order valence-corrected chi connectivity index (χ2v) is 5.58. The summed E-state index contributed by atoms with van der Waals surface area (Å²) in [6.45, 7) is 6.04. The zero-order valence-corrected chi connectivity index (χ0v) is 13.0. The summed E-state index contributed by atoms with van der Waals surface area (Å²) in [6, 6.07) is 2.55. The lowest BCUT2D eigenvalue weighted by atomic mass is 10.1. The molecule has 1 N–H and O–H groups in total. The number of benzene rings is 1. The smallest absolute Gasteiger partial charge is 0.272 e. The quantitative estimate of drug-likeness (QED) is 0.438. The molecule has 0 radical (unpaired) electrons. The van der Waals surface area contributed by atoms with Crippen LogP contribution >= 0.6 is 23.2 Å². The number of nitrogens with one attached hydrogen (secondary N) is 1. The van der Waals surface area contributed by atoms with Crippen molar-refractivity contribution < 1.29 is 9.66 Å². The van der Waals surface area contributed by atoms with E-state index in [2.05, 4.69) is 19.2 Å². The number of nitro groups is 1. The Morgan fingerprint density at radius 2 is 1.90 bits per heavy atom. The maximum Gasteiger partial charge on any atom is 0.272 e. The minimum absolute atomic E-state index is 0.126. The van der Waals surface area contributed by atoms with Crippen LogP contribution in [-0.4, -0.2) is 24.7 Å². The van der Waals surface area contributed by atoms with Gasteiger partial charge in [-0.2, -0.15) is 0 Å². The topological polar surface area (TPSA) is 64.4 Å². The summed E-state index contributed by atoms with van der Waals surface area (Å²) in [5.74, 6) is 0.613. The number of ether oxygens (including phenoxy) is 1. The fourth-order valence-corrected chi connectivity index (χ4v) is 2.11. The molecular formula is C13H18Cl2N2O3. The molecule has 1 rings (SSSR count). The third-order valence-electron chi connectivity index (χ3n) is 2.63. The second kappa shape index (κ2) is 8.29. The van der Waals surface area contributed by atoms with Crippen LogP contribution in [0.3, 0.4) is 0 Å². The lowest BCUT2D eigenvalue weighted by Gasteiger charge is -2.11. The van der Waals surface area contributed by atoms with Crippen molar-refractivity contribution in [3.8, 4) is 0 Å². The van der Waals surface area contributed by atoms with Gasteiger partial charge in [-0.25, -0.2) is 0 Å². The SMILES string of the molecule is CC(C)CCOCCNc1c(Cl)cc([N+](=O)[O-])cc1Cl. The second-order valence-electron chi connectivity index (χ2n) is 4.76. The van der Waals surface area contributed by atoms with E-state index in [1.807, 2.05) is 0 Å². The Bertz CT molecular complexity index is 444. The fourth-order valence-electron chi connectivity index (χ4n) is 1.50. The van der Waals surface area contributed by atoms with Gasteiger partial charge >= 0.3 is 0 Å². The van der Waals surface area contributed by atoms with E-state index in [9.17, 15) is 10.1 Å². The van der Waals surface area contributed by atoms with Gasteiger partial charge in [-0.05, 0) is 12.3 Å². The number of halogens is 2. The summed E-state index contributed by atoms with van der Waals surface area (Å²) in [5.41, 5.74) is 0.366.